The summed E-state index contributed by atoms with van der Waals surface area (Å²) >= 11 is 1.07. The van der Waals surface area contributed by atoms with E-state index in [1.807, 2.05) is 6.07 Å². The van der Waals surface area contributed by atoms with Gasteiger partial charge in [-0.1, -0.05) is 18.2 Å². The lowest BCUT2D eigenvalue weighted by Crippen LogP contribution is -2.42. The van der Waals surface area contributed by atoms with Crippen molar-refractivity contribution in [3.05, 3.63) is 59.8 Å². The number of likely N-dealkylation sites (N-methyl/N-ethyl adjacent to an activating group) is 1. The largest absolute Gasteiger partial charge is 0.490 e. The summed E-state index contributed by atoms with van der Waals surface area (Å²) in [6.45, 7) is 0.756. The lowest BCUT2D eigenvalue weighted by atomic mass is 10.1. The number of aliphatic carboxylic acids is 2. The number of benzene rings is 1. The van der Waals surface area contributed by atoms with Crippen LogP contribution in [0, 0.1) is 5.41 Å². The highest BCUT2D eigenvalue weighted by molar-refractivity contribution is 7.91. The van der Waals surface area contributed by atoms with Crippen LogP contribution in [-0.2, 0) is 31.0 Å². The number of hydrogen-bond acceptors (Lipinski definition) is 10. The highest BCUT2D eigenvalue weighted by Crippen LogP contribution is 2.33. The number of alkyl halides is 6. The Morgan fingerprint density at radius 2 is 1.66 bits per heavy atom. The number of thiophene rings is 1. The molecule has 4 rings (SSSR count). The topological polar surface area (TPSA) is 234 Å². The van der Waals surface area contributed by atoms with Gasteiger partial charge in [-0.3, -0.25) is 10.2 Å². The first-order valence-electron chi connectivity index (χ1n) is 12.5. The van der Waals surface area contributed by atoms with Gasteiger partial charge in [0, 0.05) is 31.9 Å². The van der Waals surface area contributed by atoms with E-state index in [9.17, 15) is 39.6 Å². The van der Waals surface area contributed by atoms with E-state index >= 15 is 0 Å². The lowest BCUT2D eigenvalue weighted by molar-refractivity contribution is -0.193. The number of carbonyl (C=O) groups is 3. The average Bonchev–Trinajstić information content (AvgIpc) is 3.60. The zero-order chi connectivity index (χ0) is 35.9. The number of nitrogen functional groups attached to an aromatic ring is 2. The number of amides is 1. The van der Waals surface area contributed by atoms with Crippen LogP contribution in [0.3, 0.4) is 0 Å². The first-order chi connectivity index (χ1) is 21.5. The Kier molecular flexibility index (Phi) is 12.4. The molecule has 0 bridgehead atoms. The summed E-state index contributed by atoms with van der Waals surface area (Å²) in [7, 11) is -2.45. The van der Waals surface area contributed by atoms with Gasteiger partial charge < -0.3 is 26.6 Å². The van der Waals surface area contributed by atoms with E-state index in [2.05, 4.69) is 9.97 Å². The number of aromatic nitrogens is 2. The normalized spacial score (nSPS) is 14.9. The maximum Gasteiger partial charge on any atom is 0.490 e. The molecule has 14 nitrogen and oxygen atoms in total. The number of halogens is 6. The van der Waals surface area contributed by atoms with Crippen molar-refractivity contribution in [1.82, 2.24) is 19.2 Å². The Balaban J connectivity index is 0.000000459. The predicted molar refractivity (Wildman–Crippen MR) is 153 cm³/mol. The lowest BCUT2D eigenvalue weighted by Gasteiger charge is -2.23. The quantitative estimate of drug-likeness (QED) is 0.136. The standard InChI is InChI=1S/C21H23N7O3S2.2C2HF3O2/c1-27(33(30,31)18-6-5-17(32-18)15-7-9-25-21(24)26-15)16-8-10-28(20(16)29)12-13-3-2-4-14(11-13)19(22)23;2*3-2(4,5)1(6)7/h2-7,9,11,16H,8,10,12H2,1H3,(H3,22,23)(H2,24,25,26);2*(H,6,7)/t16-;;/m0../s1. The fourth-order valence-corrected chi connectivity index (χ4v) is 6.50. The molecule has 0 saturated carbocycles. The van der Waals surface area contributed by atoms with Crippen molar-refractivity contribution >= 4 is 51.0 Å². The van der Waals surface area contributed by atoms with Crippen LogP contribution < -0.4 is 11.5 Å². The van der Waals surface area contributed by atoms with Gasteiger partial charge in [0.1, 0.15) is 16.1 Å². The number of carbonyl (C=O) groups excluding carboxylic acids is 1. The number of nitrogens with one attached hydrogen (secondary N) is 1. The summed E-state index contributed by atoms with van der Waals surface area (Å²) in [5.41, 5.74) is 13.1. The Morgan fingerprint density at radius 3 is 2.17 bits per heavy atom. The minimum absolute atomic E-state index is 0.0479. The van der Waals surface area contributed by atoms with Gasteiger partial charge >= 0.3 is 24.3 Å². The molecule has 0 spiro atoms. The number of anilines is 1. The molecule has 2 aromatic heterocycles. The number of nitrogens with two attached hydrogens (primary N) is 2. The van der Waals surface area contributed by atoms with Crippen LogP contribution in [0.2, 0.25) is 0 Å². The molecular weight excluding hydrogens is 688 g/mol. The monoisotopic (exact) mass is 713 g/mol. The van der Waals surface area contributed by atoms with Crippen molar-refractivity contribution in [2.45, 2.75) is 35.6 Å². The number of carboxylic acid groups (broad SMARTS) is 2. The van der Waals surface area contributed by atoms with Crippen molar-refractivity contribution in [3.63, 3.8) is 0 Å². The van der Waals surface area contributed by atoms with Gasteiger partial charge in [-0.2, -0.15) is 30.6 Å². The molecule has 47 heavy (non-hydrogen) atoms. The molecule has 1 aliphatic heterocycles. The third kappa shape index (κ3) is 10.6. The van der Waals surface area contributed by atoms with Crippen LogP contribution in [-0.4, -0.2) is 93.5 Å². The Bertz CT molecular complexity index is 1710. The molecule has 1 aromatic carbocycles. The van der Waals surface area contributed by atoms with Crippen LogP contribution in [0.5, 0.6) is 0 Å². The second-order valence-electron chi connectivity index (χ2n) is 9.22. The summed E-state index contributed by atoms with van der Waals surface area (Å²) in [5, 5.41) is 21.8. The first kappa shape index (κ1) is 38.4. The highest BCUT2D eigenvalue weighted by Gasteiger charge is 2.41. The Morgan fingerprint density at radius 1 is 1.09 bits per heavy atom. The smallest absolute Gasteiger partial charge is 0.475 e. The highest BCUT2D eigenvalue weighted by atomic mass is 32.2. The van der Waals surface area contributed by atoms with E-state index in [0.717, 1.165) is 21.2 Å². The fraction of sp³-hybridized carbons (Fsp3) is 0.280. The van der Waals surface area contributed by atoms with Crippen molar-refractivity contribution in [2.75, 3.05) is 19.3 Å². The van der Waals surface area contributed by atoms with Gasteiger partial charge in [-0.05, 0) is 36.2 Å². The van der Waals surface area contributed by atoms with E-state index in [4.69, 9.17) is 36.7 Å². The molecule has 22 heteroatoms. The molecule has 1 fully saturated rings. The third-order valence-electron chi connectivity index (χ3n) is 5.95. The molecule has 0 aliphatic carbocycles. The van der Waals surface area contributed by atoms with Crippen molar-refractivity contribution < 1.29 is 59.4 Å². The molecule has 0 radical (unpaired) electrons. The van der Waals surface area contributed by atoms with Crippen LogP contribution in [0.15, 0.2) is 52.9 Å². The first-order valence-corrected chi connectivity index (χ1v) is 14.8. The fourth-order valence-electron chi connectivity index (χ4n) is 3.69. The predicted octanol–water partition coefficient (Wildman–Crippen LogP) is 2.76. The van der Waals surface area contributed by atoms with Crippen molar-refractivity contribution in [2.24, 2.45) is 5.73 Å². The van der Waals surface area contributed by atoms with Crippen LogP contribution >= 0.6 is 11.3 Å². The molecule has 7 N–H and O–H groups in total. The number of carboxylic acids is 2. The molecule has 1 saturated heterocycles. The molecule has 1 aliphatic rings. The van der Waals surface area contributed by atoms with Crippen LogP contribution in [0.4, 0.5) is 32.3 Å². The Labute approximate surface area is 265 Å². The van der Waals surface area contributed by atoms with E-state index < -0.39 is 40.4 Å². The summed E-state index contributed by atoms with van der Waals surface area (Å²) in [6, 6.07) is 11.2. The molecule has 3 aromatic rings. The van der Waals surface area contributed by atoms with Crippen LogP contribution in [0.25, 0.3) is 10.6 Å². The van der Waals surface area contributed by atoms with Crippen molar-refractivity contribution in [3.8, 4) is 10.6 Å². The summed E-state index contributed by atoms with van der Waals surface area (Å²) in [6.07, 6.45) is -8.27. The summed E-state index contributed by atoms with van der Waals surface area (Å²) in [4.78, 5) is 41.1. The van der Waals surface area contributed by atoms with E-state index in [0.29, 0.717) is 35.6 Å². The number of amidine groups is 1. The molecule has 1 atom stereocenters. The average molecular weight is 714 g/mol. The van der Waals surface area contributed by atoms with E-state index in [1.165, 1.54) is 19.3 Å². The molecule has 0 unspecified atom stereocenters. The second kappa shape index (κ2) is 15.2. The minimum Gasteiger partial charge on any atom is -0.475 e. The number of likely N-dealkylation sites (tertiary alicyclic amines) is 1. The minimum atomic E-state index is -5.08. The summed E-state index contributed by atoms with van der Waals surface area (Å²) in [5.74, 6) is -5.71. The van der Waals surface area contributed by atoms with Gasteiger partial charge in [0.2, 0.25) is 11.9 Å². The van der Waals surface area contributed by atoms with Gasteiger partial charge in [0.05, 0.1) is 10.6 Å². The Hall–Kier alpha value is -4.83. The molecule has 256 valence electrons. The second-order valence-corrected chi connectivity index (χ2v) is 12.5. The molecule has 1 amide bonds. The number of nitrogens with zero attached hydrogens (tertiary/aromatic N) is 4. The van der Waals surface area contributed by atoms with E-state index in [-0.39, 0.29) is 21.9 Å². The SMILES string of the molecule is CN([C@H]1CCN(Cc2cccc(C(=N)N)c2)C1=O)S(=O)(=O)c1ccc(-c2ccnc(N)n2)s1.O=C(O)C(F)(F)F.O=C(O)C(F)(F)F. The van der Waals surface area contributed by atoms with Crippen molar-refractivity contribution in [1.29, 1.82) is 5.41 Å². The maximum absolute atomic E-state index is 13.2. The zero-order valence-corrected chi connectivity index (χ0v) is 25.4. The number of sulfonamides is 1. The molecule has 3 heterocycles. The van der Waals surface area contributed by atoms with Gasteiger partial charge in [0.15, 0.2) is 0 Å². The number of hydrogen-bond donors (Lipinski definition) is 5. The van der Waals surface area contributed by atoms with E-state index in [1.54, 1.807) is 35.2 Å². The summed E-state index contributed by atoms with van der Waals surface area (Å²) < 4.78 is 91.2. The van der Waals surface area contributed by atoms with Gasteiger partial charge in [-0.15, -0.1) is 11.3 Å². The maximum atomic E-state index is 13.2. The van der Waals surface area contributed by atoms with Gasteiger partial charge in [-0.25, -0.2) is 28.0 Å². The van der Waals surface area contributed by atoms with Gasteiger partial charge in [0.25, 0.3) is 10.0 Å². The molecular formula is C25H25F6N7O7S2. The third-order valence-corrected chi connectivity index (χ3v) is 9.39. The zero-order valence-electron chi connectivity index (χ0n) is 23.8. The number of rotatable bonds is 7. The van der Waals surface area contributed by atoms with Crippen LogP contribution in [0.1, 0.15) is 17.5 Å².